The Labute approximate surface area is 175 Å². The minimum atomic E-state index is -0.225. The molecule has 0 aromatic heterocycles. The number of nitrogens with one attached hydrogen (secondary N) is 1. The summed E-state index contributed by atoms with van der Waals surface area (Å²) in [5, 5.41) is 2.89. The van der Waals surface area contributed by atoms with E-state index in [4.69, 9.17) is 0 Å². The van der Waals surface area contributed by atoms with Gasteiger partial charge in [-0.25, -0.2) is 0 Å². The molecule has 1 saturated heterocycles. The molecule has 2 fully saturated rings. The fourth-order valence-corrected chi connectivity index (χ4v) is 5.07. The first kappa shape index (κ1) is 18.8. The third-order valence-corrected chi connectivity index (χ3v) is 6.69. The first-order valence-electron chi connectivity index (χ1n) is 10.5. The maximum Gasteiger partial charge on any atom is 0.255 e. The number of rotatable bonds is 4. The molecule has 5 rings (SSSR count). The van der Waals surface area contributed by atoms with Crippen LogP contribution in [0.25, 0.3) is 0 Å². The summed E-state index contributed by atoms with van der Waals surface area (Å²) < 4.78 is 0. The van der Waals surface area contributed by atoms with E-state index in [1.54, 1.807) is 24.3 Å². The van der Waals surface area contributed by atoms with Gasteiger partial charge >= 0.3 is 0 Å². The summed E-state index contributed by atoms with van der Waals surface area (Å²) in [6.07, 6.45) is 5.08. The number of fused-ring (bicyclic) bond motifs is 5. The van der Waals surface area contributed by atoms with Crippen molar-refractivity contribution in [3.63, 3.8) is 0 Å². The second kappa shape index (κ2) is 6.94. The fourth-order valence-electron chi connectivity index (χ4n) is 5.07. The van der Waals surface area contributed by atoms with Crippen molar-refractivity contribution >= 4 is 29.1 Å². The number of benzene rings is 2. The number of nitrogens with zero attached hydrogens (tertiary/aromatic N) is 1. The Morgan fingerprint density at radius 2 is 1.47 bits per heavy atom. The van der Waals surface area contributed by atoms with Crippen LogP contribution in [0.15, 0.2) is 60.7 Å². The Bertz CT molecular complexity index is 1020. The van der Waals surface area contributed by atoms with Crippen molar-refractivity contribution < 1.29 is 14.4 Å². The zero-order chi connectivity index (χ0) is 21.0. The van der Waals surface area contributed by atoms with E-state index in [9.17, 15) is 14.4 Å². The molecule has 1 heterocycles. The van der Waals surface area contributed by atoms with Crippen molar-refractivity contribution in [1.82, 2.24) is 0 Å². The molecule has 0 spiro atoms. The van der Waals surface area contributed by atoms with E-state index in [2.05, 4.69) is 31.3 Å². The van der Waals surface area contributed by atoms with Gasteiger partial charge in [-0.05, 0) is 66.1 Å². The highest BCUT2D eigenvalue weighted by atomic mass is 16.2. The molecule has 2 aliphatic carbocycles. The van der Waals surface area contributed by atoms with E-state index in [1.165, 1.54) is 10.5 Å². The molecule has 3 amide bonds. The molecule has 5 nitrogen and oxygen atoms in total. The van der Waals surface area contributed by atoms with Crippen LogP contribution in [0.1, 0.15) is 42.1 Å². The monoisotopic (exact) mass is 400 g/mol. The van der Waals surface area contributed by atoms with Gasteiger partial charge in [-0.1, -0.05) is 38.1 Å². The van der Waals surface area contributed by atoms with Gasteiger partial charge in [0.15, 0.2) is 0 Å². The van der Waals surface area contributed by atoms with Crippen LogP contribution < -0.4 is 10.2 Å². The fraction of sp³-hybridized carbons (Fsp3) is 0.320. The predicted molar refractivity (Wildman–Crippen MR) is 115 cm³/mol. The second-order valence-electron chi connectivity index (χ2n) is 8.79. The Morgan fingerprint density at radius 1 is 0.900 bits per heavy atom. The highest BCUT2D eigenvalue weighted by Gasteiger charge is 2.59. The third-order valence-electron chi connectivity index (χ3n) is 6.69. The number of allylic oxidation sites excluding steroid dienone is 2. The first-order chi connectivity index (χ1) is 14.4. The normalized spacial score (nSPS) is 26.6. The Morgan fingerprint density at radius 3 is 2.00 bits per heavy atom. The Balaban J connectivity index is 1.30. The molecule has 2 aromatic rings. The van der Waals surface area contributed by atoms with Gasteiger partial charge in [-0.2, -0.15) is 0 Å². The van der Waals surface area contributed by atoms with Crippen molar-refractivity contribution in [2.24, 2.45) is 23.7 Å². The summed E-state index contributed by atoms with van der Waals surface area (Å²) in [5.74, 6) is -0.0646. The van der Waals surface area contributed by atoms with Gasteiger partial charge in [0.05, 0.1) is 17.5 Å². The van der Waals surface area contributed by atoms with E-state index >= 15 is 0 Å². The first-order valence-corrected chi connectivity index (χ1v) is 10.5. The molecule has 1 saturated carbocycles. The summed E-state index contributed by atoms with van der Waals surface area (Å²) in [6.45, 7) is 4.25. The summed E-state index contributed by atoms with van der Waals surface area (Å²) in [5.41, 5.74) is 2.96. The molecule has 4 atom stereocenters. The van der Waals surface area contributed by atoms with Gasteiger partial charge in [0.2, 0.25) is 11.8 Å². The van der Waals surface area contributed by atoms with E-state index in [-0.39, 0.29) is 41.4 Å². The molecule has 5 heteroatoms. The average molecular weight is 400 g/mol. The number of imide groups is 1. The lowest BCUT2D eigenvalue weighted by atomic mass is 9.85. The lowest BCUT2D eigenvalue weighted by molar-refractivity contribution is -0.123. The zero-order valence-electron chi connectivity index (χ0n) is 17.0. The second-order valence-corrected chi connectivity index (χ2v) is 8.79. The highest BCUT2D eigenvalue weighted by molar-refractivity contribution is 6.23. The van der Waals surface area contributed by atoms with Crippen LogP contribution in [-0.2, 0) is 9.59 Å². The van der Waals surface area contributed by atoms with Gasteiger partial charge in [-0.3, -0.25) is 19.3 Å². The molecule has 2 aromatic carbocycles. The number of carbonyl (C=O) groups is 3. The standard InChI is InChI=1S/C25H24N2O3/c1-14(2)15-5-9-19(10-6-15)26-23(28)16-7-11-20(12-8-16)27-24(29)21-17-3-4-18(13-17)22(21)25(27)30/h3-12,14,17-18,21-22H,13H2,1-2H3,(H,26,28). The number of hydrogen-bond acceptors (Lipinski definition) is 3. The van der Waals surface area contributed by atoms with Gasteiger partial charge in [-0.15, -0.1) is 0 Å². The van der Waals surface area contributed by atoms with Crippen LogP contribution in [0.5, 0.6) is 0 Å². The summed E-state index contributed by atoms with van der Waals surface area (Å²) in [4.78, 5) is 39.7. The SMILES string of the molecule is CC(C)c1ccc(NC(=O)c2ccc(N3C(=O)C4C5C=CC(C5)C4C3=O)cc2)cc1. The molecule has 152 valence electrons. The van der Waals surface area contributed by atoms with Gasteiger partial charge in [0.1, 0.15) is 0 Å². The number of anilines is 2. The molecular weight excluding hydrogens is 376 g/mol. The van der Waals surface area contributed by atoms with Crippen LogP contribution in [0.2, 0.25) is 0 Å². The summed E-state index contributed by atoms with van der Waals surface area (Å²) in [6, 6.07) is 14.5. The van der Waals surface area contributed by atoms with E-state index < -0.39 is 0 Å². The Kier molecular flexibility index (Phi) is 4.35. The Hall–Kier alpha value is -3.21. The molecular formula is C25H24N2O3. The van der Waals surface area contributed by atoms with Crippen molar-refractivity contribution in [2.75, 3.05) is 10.2 Å². The smallest absolute Gasteiger partial charge is 0.255 e. The highest BCUT2D eigenvalue weighted by Crippen LogP contribution is 2.53. The van der Waals surface area contributed by atoms with Crippen molar-refractivity contribution in [1.29, 1.82) is 0 Å². The summed E-state index contributed by atoms with van der Waals surface area (Å²) >= 11 is 0. The maximum atomic E-state index is 12.9. The largest absolute Gasteiger partial charge is 0.322 e. The van der Waals surface area contributed by atoms with Gasteiger partial charge < -0.3 is 5.32 Å². The van der Waals surface area contributed by atoms with Crippen molar-refractivity contribution in [3.05, 3.63) is 71.8 Å². The van der Waals surface area contributed by atoms with Crippen molar-refractivity contribution in [3.8, 4) is 0 Å². The van der Waals surface area contributed by atoms with E-state index in [0.29, 0.717) is 17.2 Å². The molecule has 0 radical (unpaired) electrons. The molecule has 1 aliphatic heterocycles. The molecule has 3 aliphatic rings. The van der Waals surface area contributed by atoms with Crippen LogP contribution in [0, 0.1) is 23.7 Å². The number of hydrogen-bond donors (Lipinski definition) is 1. The van der Waals surface area contributed by atoms with Crippen molar-refractivity contribution in [2.45, 2.75) is 26.2 Å². The molecule has 1 N–H and O–H groups in total. The topological polar surface area (TPSA) is 66.5 Å². The molecule has 30 heavy (non-hydrogen) atoms. The molecule has 2 bridgehead atoms. The predicted octanol–water partition coefficient (Wildman–Crippen LogP) is 4.37. The average Bonchev–Trinajstić information content (AvgIpc) is 3.42. The third kappa shape index (κ3) is 2.88. The van der Waals surface area contributed by atoms with Crippen LogP contribution in [-0.4, -0.2) is 17.7 Å². The van der Waals surface area contributed by atoms with Crippen LogP contribution in [0.4, 0.5) is 11.4 Å². The van der Waals surface area contributed by atoms with E-state index in [0.717, 1.165) is 12.1 Å². The lowest BCUT2D eigenvalue weighted by Gasteiger charge is -2.17. The van der Waals surface area contributed by atoms with E-state index in [1.807, 2.05) is 24.3 Å². The lowest BCUT2D eigenvalue weighted by Crippen LogP contribution is -2.32. The van der Waals surface area contributed by atoms with Crippen LogP contribution in [0.3, 0.4) is 0 Å². The minimum absolute atomic E-state index is 0.107. The zero-order valence-corrected chi connectivity index (χ0v) is 17.0. The molecule has 4 unspecified atom stereocenters. The summed E-state index contributed by atoms with van der Waals surface area (Å²) in [7, 11) is 0. The number of amides is 3. The maximum absolute atomic E-state index is 12.9. The minimum Gasteiger partial charge on any atom is -0.322 e. The van der Waals surface area contributed by atoms with Gasteiger partial charge in [0, 0.05) is 11.3 Å². The van der Waals surface area contributed by atoms with Gasteiger partial charge in [0.25, 0.3) is 5.91 Å². The quantitative estimate of drug-likeness (QED) is 0.612. The van der Waals surface area contributed by atoms with Crippen LogP contribution >= 0.6 is 0 Å². The number of carbonyl (C=O) groups excluding carboxylic acids is 3.